The van der Waals surface area contributed by atoms with Gasteiger partial charge in [0.1, 0.15) is 26.5 Å². The predicted molar refractivity (Wildman–Crippen MR) is 80.6 cm³/mol. The molecule has 0 fully saturated rings. The molecule has 2 unspecified atom stereocenters. The Hall–Kier alpha value is -1.66. The van der Waals surface area contributed by atoms with Crippen LogP contribution in [-0.2, 0) is 20.7 Å². The van der Waals surface area contributed by atoms with Crippen LogP contribution in [0.5, 0.6) is 5.75 Å². The van der Waals surface area contributed by atoms with Crippen LogP contribution in [-0.4, -0.2) is 21.8 Å². The molecule has 0 aliphatic heterocycles. The summed E-state index contributed by atoms with van der Waals surface area (Å²) in [7, 11) is -2.86. The molecule has 6 heteroatoms. The molecule has 2 aromatic rings. The first-order valence-corrected chi connectivity index (χ1v) is 8.89. The predicted octanol–water partition coefficient (Wildman–Crippen LogP) is 2.87. The molecule has 4 nitrogen and oxygen atoms in total. The van der Waals surface area contributed by atoms with Gasteiger partial charge in [-0.15, -0.1) is 3.77 Å². The van der Waals surface area contributed by atoms with E-state index in [1.807, 2.05) is 6.07 Å². The van der Waals surface area contributed by atoms with Gasteiger partial charge in [-0.3, -0.25) is 0 Å². The number of ether oxygens (including phenoxy) is 1. The van der Waals surface area contributed by atoms with E-state index in [2.05, 4.69) is 3.77 Å². The monoisotopic (exact) mass is 309 g/mol. The van der Waals surface area contributed by atoms with Crippen molar-refractivity contribution in [2.24, 2.45) is 3.77 Å². The highest BCUT2D eigenvalue weighted by Gasteiger charge is 2.16. The van der Waals surface area contributed by atoms with Gasteiger partial charge in [0.15, 0.2) is 0 Å². The first-order valence-electron chi connectivity index (χ1n) is 5.86. The summed E-state index contributed by atoms with van der Waals surface area (Å²) >= 11 is 0. The van der Waals surface area contributed by atoms with Gasteiger partial charge in [0.05, 0.1) is 16.9 Å². The molecule has 0 N–H and O–H groups in total. The summed E-state index contributed by atoms with van der Waals surface area (Å²) in [5.41, 5.74) is 0. The first-order chi connectivity index (χ1) is 9.56. The van der Waals surface area contributed by atoms with Crippen molar-refractivity contribution < 1.29 is 13.2 Å². The van der Waals surface area contributed by atoms with Crippen LogP contribution in [0.2, 0.25) is 0 Å². The molecule has 0 aliphatic rings. The van der Waals surface area contributed by atoms with Crippen LogP contribution in [0.25, 0.3) is 0 Å². The lowest BCUT2D eigenvalue weighted by molar-refractivity contribution is 0.414. The van der Waals surface area contributed by atoms with Crippen molar-refractivity contribution in [2.75, 3.05) is 13.4 Å². The number of methoxy groups -OCH3 is 1. The van der Waals surface area contributed by atoms with Gasteiger partial charge in [-0.25, -0.2) is 8.42 Å². The fraction of sp³-hybridized carbons (Fsp3) is 0.143. The largest absolute Gasteiger partial charge is 0.497 e. The van der Waals surface area contributed by atoms with Gasteiger partial charge in [-0.2, -0.15) is 0 Å². The summed E-state index contributed by atoms with van der Waals surface area (Å²) in [6.07, 6.45) is 1.41. The van der Waals surface area contributed by atoms with E-state index in [-0.39, 0.29) is 0 Å². The standard InChI is InChI=1S/C14H15NO3S2/c1-18-12-8-10-14(11-9-12)20(17,15-19(2)16)13-6-4-3-5-7-13/h3-11H,1-2H3. The molecule has 20 heavy (non-hydrogen) atoms. The molecule has 0 amide bonds. The second kappa shape index (κ2) is 6.19. The van der Waals surface area contributed by atoms with Crippen molar-refractivity contribution in [1.82, 2.24) is 0 Å². The maximum Gasteiger partial charge on any atom is 0.145 e. The van der Waals surface area contributed by atoms with Gasteiger partial charge in [0.2, 0.25) is 0 Å². The van der Waals surface area contributed by atoms with Crippen molar-refractivity contribution in [3.05, 3.63) is 54.6 Å². The number of hydrogen-bond donors (Lipinski definition) is 0. The average Bonchev–Trinajstić information content (AvgIpc) is 2.47. The number of nitrogens with zero attached hydrogens (tertiary/aromatic N) is 1. The second-order valence-corrected chi connectivity index (χ2v) is 7.45. The van der Waals surface area contributed by atoms with Crippen molar-refractivity contribution in [3.8, 4) is 5.75 Å². The summed E-state index contributed by atoms with van der Waals surface area (Å²) in [6, 6.07) is 15.7. The Morgan fingerprint density at radius 2 is 1.55 bits per heavy atom. The minimum Gasteiger partial charge on any atom is -0.497 e. The van der Waals surface area contributed by atoms with E-state index < -0.39 is 20.7 Å². The zero-order valence-electron chi connectivity index (χ0n) is 11.2. The SMILES string of the molecule is COc1ccc(S(=O)(=NS(C)=O)c2ccccc2)cc1. The third-order valence-corrected chi connectivity index (χ3v) is 6.15. The summed E-state index contributed by atoms with van der Waals surface area (Å²) in [5, 5.41) is 0. The number of hydrogen-bond acceptors (Lipinski definition) is 3. The van der Waals surface area contributed by atoms with Crippen molar-refractivity contribution in [2.45, 2.75) is 9.79 Å². The lowest BCUT2D eigenvalue weighted by Crippen LogP contribution is -2.03. The molecule has 0 aliphatic carbocycles. The van der Waals surface area contributed by atoms with E-state index in [1.165, 1.54) is 6.26 Å². The molecule has 0 saturated heterocycles. The fourth-order valence-corrected chi connectivity index (χ4v) is 4.91. The highest BCUT2D eigenvalue weighted by molar-refractivity contribution is 8.00. The summed E-state index contributed by atoms with van der Waals surface area (Å²) in [5.74, 6) is 0.668. The Labute approximate surface area is 121 Å². The molecule has 2 atom stereocenters. The van der Waals surface area contributed by atoms with Crippen LogP contribution in [0.4, 0.5) is 0 Å². The molecule has 0 radical (unpaired) electrons. The van der Waals surface area contributed by atoms with E-state index in [0.717, 1.165) is 0 Å². The highest BCUT2D eigenvalue weighted by atomic mass is 32.3. The first kappa shape index (κ1) is 14.7. The van der Waals surface area contributed by atoms with E-state index in [1.54, 1.807) is 55.6 Å². The lowest BCUT2D eigenvalue weighted by atomic mass is 10.3. The molecule has 0 bridgehead atoms. The Bertz CT molecular complexity index is 718. The van der Waals surface area contributed by atoms with E-state index >= 15 is 0 Å². The van der Waals surface area contributed by atoms with Crippen molar-refractivity contribution >= 4 is 20.7 Å². The smallest absolute Gasteiger partial charge is 0.145 e. The molecular weight excluding hydrogens is 294 g/mol. The van der Waals surface area contributed by atoms with Crippen LogP contribution in [0.3, 0.4) is 0 Å². The van der Waals surface area contributed by atoms with Crippen LogP contribution in [0, 0.1) is 0 Å². The Morgan fingerprint density at radius 1 is 1.00 bits per heavy atom. The Morgan fingerprint density at radius 3 is 2.05 bits per heavy atom. The Kier molecular flexibility index (Phi) is 4.57. The molecule has 2 rings (SSSR count). The van der Waals surface area contributed by atoms with E-state index in [9.17, 15) is 8.42 Å². The normalized spacial score (nSPS) is 15.1. The van der Waals surface area contributed by atoms with Gasteiger partial charge >= 0.3 is 0 Å². The van der Waals surface area contributed by atoms with Gasteiger partial charge in [0.25, 0.3) is 0 Å². The second-order valence-electron chi connectivity index (χ2n) is 4.01. The Balaban J connectivity index is 2.65. The molecule has 0 heterocycles. The van der Waals surface area contributed by atoms with Crippen LogP contribution in [0.1, 0.15) is 0 Å². The minimum absolute atomic E-state index is 0.514. The zero-order valence-corrected chi connectivity index (χ0v) is 12.8. The molecular formula is C14H15NO3S2. The van der Waals surface area contributed by atoms with Crippen molar-refractivity contribution in [3.63, 3.8) is 0 Å². The number of benzene rings is 2. The zero-order chi connectivity index (χ0) is 14.6. The third kappa shape index (κ3) is 3.08. The quantitative estimate of drug-likeness (QED) is 0.872. The minimum atomic E-state index is -2.90. The van der Waals surface area contributed by atoms with E-state index in [4.69, 9.17) is 4.74 Å². The summed E-state index contributed by atoms with van der Waals surface area (Å²) in [4.78, 5) is 1.06. The van der Waals surface area contributed by atoms with Gasteiger partial charge in [0, 0.05) is 6.26 Å². The molecule has 2 aromatic carbocycles. The average molecular weight is 309 g/mol. The molecule has 0 aromatic heterocycles. The van der Waals surface area contributed by atoms with Crippen LogP contribution < -0.4 is 4.74 Å². The highest BCUT2D eigenvalue weighted by Crippen LogP contribution is 2.25. The molecule has 106 valence electrons. The van der Waals surface area contributed by atoms with Gasteiger partial charge in [-0.05, 0) is 36.4 Å². The van der Waals surface area contributed by atoms with Gasteiger partial charge in [-0.1, -0.05) is 18.2 Å². The topological polar surface area (TPSA) is 55.7 Å². The van der Waals surface area contributed by atoms with E-state index in [0.29, 0.717) is 15.5 Å². The number of rotatable bonds is 4. The van der Waals surface area contributed by atoms with Crippen LogP contribution in [0.15, 0.2) is 68.2 Å². The molecule has 0 saturated carbocycles. The van der Waals surface area contributed by atoms with Gasteiger partial charge < -0.3 is 4.74 Å². The van der Waals surface area contributed by atoms with Crippen molar-refractivity contribution in [1.29, 1.82) is 0 Å². The maximum absolute atomic E-state index is 13.2. The summed E-state index contributed by atoms with van der Waals surface area (Å²) < 4.78 is 33.7. The lowest BCUT2D eigenvalue weighted by Gasteiger charge is -2.10. The van der Waals surface area contributed by atoms with Crippen LogP contribution >= 0.6 is 0 Å². The third-order valence-electron chi connectivity index (χ3n) is 2.65. The maximum atomic E-state index is 13.2. The molecule has 0 spiro atoms. The fourth-order valence-electron chi connectivity index (χ4n) is 1.74. The summed E-state index contributed by atoms with van der Waals surface area (Å²) in [6.45, 7) is 0.